The zero-order valence-electron chi connectivity index (χ0n) is 12.1. The van der Waals surface area contributed by atoms with Crippen LogP contribution in [0, 0.1) is 5.92 Å². The molecule has 1 heterocycles. The molecule has 2 N–H and O–H groups in total. The zero-order valence-corrected chi connectivity index (χ0v) is 13.7. The average Bonchev–Trinajstić information content (AvgIpc) is 2.90. The van der Waals surface area contributed by atoms with Gasteiger partial charge in [-0.25, -0.2) is 13.1 Å². The molecule has 1 aliphatic rings. The lowest BCUT2D eigenvalue weighted by Crippen LogP contribution is -2.28. The SMILES string of the molecule is Cl.O=S(=O)(NCCC1CCNC1)c1ccccc1OC(F)(F)F. The van der Waals surface area contributed by atoms with Crippen LogP contribution in [0.25, 0.3) is 0 Å². The highest BCUT2D eigenvalue weighted by atomic mass is 35.5. The molecule has 1 aromatic carbocycles. The van der Waals surface area contributed by atoms with E-state index in [4.69, 9.17) is 0 Å². The lowest BCUT2D eigenvalue weighted by molar-refractivity contribution is -0.275. The summed E-state index contributed by atoms with van der Waals surface area (Å²) < 4.78 is 67.3. The van der Waals surface area contributed by atoms with Crippen LogP contribution in [0.2, 0.25) is 0 Å². The number of para-hydroxylation sites is 1. The lowest BCUT2D eigenvalue weighted by atomic mass is 10.1. The summed E-state index contributed by atoms with van der Waals surface area (Å²) in [7, 11) is -4.05. The quantitative estimate of drug-likeness (QED) is 0.801. The van der Waals surface area contributed by atoms with E-state index in [-0.39, 0.29) is 19.0 Å². The van der Waals surface area contributed by atoms with Gasteiger partial charge in [-0.15, -0.1) is 25.6 Å². The minimum Gasteiger partial charge on any atom is -0.404 e. The van der Waals surface area contributed by atoms with Gasteiger partial charge in [0.25, 0.3) is 0 Å². The van der Waals surface area contributed by atoms with Crippen LogP contribution < -0.4 is 14.8 Å². The molecular weight excluding hydrogens is 357 g/mol. The molecule has 0 spiro atoms. The van der Waals surface area contributed by atoms with Crippen molar-refractivity contribution in [1.29, 1.82) is 0 Å². The highest BCUT2D eigenvalue weighted by Gasteiger charge is 2.33. The second kappa shape index (κ2) is 8.18. The molecule has 5 nitrogen and oxygen atoms in total. The predicted molar refractivity (Wildman–Crippen MR) is 81.2 cm³/mol. The summed E-state index contributed by atoms with van der Waals surface area (Å²) in [6.07, 6.45) is -3.34. The van der Waals surface area contributed by atoms with E-state index in [0.29, 0.717) is 12.3 Å². The van der Waals surface area contributed by atoms with Crippen molar-refractivity contribution in [2.45, 2.75) is 24.1 Å². The third-order valence-electron chi connectivity index (χ3n) is 3.37. The van der Waals surface area contributed by atoms with Crippen molar-refractivity contribution < 1.29 is 26.3 Å². The van der Waals surface area contributed by atoms with Crippen LogP contribution in [0.15, 0.2) is 29.2 Å². The molecule has 0 amide bonds. The van der Waals surface area contributed by atoms with Gasteiger partial charge in [-0.2, -0.15) is 0 Å². The highest BCUT2D eigenvalue weighted by molar-refractivity contribution is 7.89. The first kappa shape index (κ1) is 20.0. The van der Waals surface area contributed by atoms with E-state index in [0.717, 1.165) is 31.6 Å². The van der Waals surface area contributed by atoms with Crippen molar-refractivity contribution in [2.75, 3.05) is 19.6 Å². The van der Waals surface area contributed by atoms with Gasteiger partial charge in [-0.1, -0.05) is 12.1 Å². The summed E-state index contributed by atoms with van der Waals surface area (Å²) in [4.78, 5) is -0.517. The standard InChI is InChI=1S/C13H17F3N2O3S.ClH/c14-13(15,16)21-11-3-1-2-4-12(11)22(19,20)18-8-6-10-5-7-17-9-10;/h1-4,10,17-18H,5-9H2;1H. The molecule has 1 fully saturated rings. The molecule has 0 aromatic heterocycles. The van der Waals surface area contributed by atoms with Crippen molar-refractivity contribution in [3.63, 3.8) is 0 Å². The number of rotatable bonds is 6. The first-order valence-electron chi connectivity index (χ1n) is 6.83. The Hall–Kier alpha value is -1.03. The maximum absolute atomic E-state index is 12.3. The number of alkyl halides is 3. The van der Waals surface area contributed by atoms with Crippen LogP contribution in [0.4, 0.5) is 13.2 Å². The van der Waals surface area contributed by atoms with E-state index >= 15 is 0 Å². The molecule has 23 heavy (non-hydrogen) atoms. The maximum atomic E-state index is 12.3. The Kier molecular flexibility index (Phi) is 7.12. The maximum Gasteiger partial charge on any atom is 0.573 e. The van der Waals surface area contributed by atoms with Crippen LogP contribution in [0.3, 0.4) is 0 Å². The Morgan fingerprint density at radius 3 is 2.61 bits per heavy atom. The number of hydrogen-bond acceptors (Lipinski definition) is 4. The monoisotopic (exact) mass is 374 g/mol. The Morgan fingerprint density at radius 1 is 1.30 bits per heavy atom. The predicted octanol–water partition coefficient (Wildman–Crippen LogP) is 2.28. The topological polar surface area (TPSA) is 67.4 Å². The number of hydrogen-bond donors (Lipinski definition) is 2. The van der Waals surface area contributed by atoms with Gasteiger partial charge in [0, 0.05) is 6.54 Å². The molecule has 1 unspecified atom stereocenters. The number of halogens is 4. The molecule has 1 atom stereocenters. The second-order valence-electron chi connectivity index (χ2n) is 5.04. The van der Waals surface area contributed by atoms with E-state index in [1.807, 2.05) is 0 Å². The van der Waals surface area contributed by atoms with Crippen LogP contribution in [-0.4, -0.2) is 34.4 Å². The fourth-order valence-corrected chi connectivity index (χ4v) is 3.49. The molecule has 0 radical (unpaired) electrons. The molecule has 1 saturated heterocycles. The van der Waals surface area contributed by atoms with E-state index in [1.54, 1.807) is 0 Å². The zero-order chi connectivity index (χ0) is 16.2. The largest absolute Gasteiger partial charge is 0.573 e. The molecule has 0 bridgehead atoms. The van der Waals surface area contributed by atoms with Crippen molar-refractivity contribution >= 4 is 22.4 Å². The smallest absolute Gasteiger partial charge is 0.404 e. The van der Waals surface area contributed by atoms with Crippen molar-refractivity contribution in [3.8, 4) is 5.75 Å². The Bertz CT molecular complexity index is 605. The summed E-state index contributed by atoms with van der Waals surface area (Å²) in [5, 5.41) is 3.16. The fraction of sp³-hybridized carbons (Fsp3) is 0.538. The number of ether oxygens (including phenoxy) is 1. The molecule has 132 valence electrons. The average molecular weight is 375 g/mol. The van der Waals surface area contributed by atoms with Gasteiger partial charge < -0.3 is 10.1 Å². The van der Waals surface area contributed by atoms with E-state index in [2.05, 4.69) is 14.8 Å². The van der Waals surface area contributed by atoms with Gasteiger partial charge >= 0.3 is 6.36 Å². The highest BCUT2D eigenvalue weighted by Crippen LogP contribution is 2.29. The van der Waals surface area contributed by atoms with Gasteiger partial charge in [-0.3, -0.25) is 0 Å². The van der Waals surface area contributed by atoms with Crippen molar-refractivity contribution in [1.82, 2.24) is 10.0 Å². The Labute approximate surface area is 139 Å². The minimum atomic E-state index is -4.94. The normalized spacial score (nSPS) is 18.5. The van der Waals surface area contributed by atoms with Crippen LogP contribution in [0.1, 0.15) is 12.8 Å². The fourth-order valence-electron chi connectivity index (χ4n) is 2.32. The molecular formula is C13H18ClF3N2O3S. The van der Waals surface area contributed by atoms with E-state index in [9.17, 15) is 21.6 Å². The van der Waals surface area contributed by atoms with E-state index in [1.165, 1.54) is 12.1 Å². The molecule has 2 rings (SSSR count). The van der Waals surface area contributed by atoms with Crippen molar-refractivity contribution in [3.05, 3.63) is 24.3 Å². The summed E-state index contributed by atoms with van der Waals surface area (Å²) in [6, 6.07) is 4.69. The third-order valence-corrected chi connectivity index (χ3v) is 4.87. The van der Waals surface area contributed by atoms with Gasteiger partial charge in [0.1, 0.15) is 10.6 Å². The molecule has 0 aliphatic carbocycles. The number of sulfonamides is 1. The molecule has 1 aromatic rings. The lowest BCUT2D eigenvalue weighted by Gasteiger charge is -2.14. The summed E-state index contributed by atoms with van der Waals surface area (Å²) in [5.74, 6) is -0.352. The first-order valence-corrected chi connectivity index (χ1v) is 8.31. The number of benzene rings is 1. The van der Waals surface area contributed by atoms with Crippen LogP contribution in [0.5, 0.6) is 5.75 Å². The van der Waals surface area contributed by atoms with Crippen LogP contribution in [-0.2, 0) is 10.0 Å². The van der Waals surface area contributed by atoms with Crippen molar-refractivity contribution in [2.24, 2.45) is 5.92 Å². The Balaban J connectivity index is 0.00000264. The van der Waals surface area contributed by atoms with Gasteiger partial charge in [0.2, 0.25) is 10.0 Å². The van der Waals surface area contributed by atoms with Crippen LogP contribution >= 0.6 is 12.4 Å². The Morgan fingerprint density at radius 2 is 2.00 bits per heavy atom. The molecule has 10 heteroatoms. The number of nitrogens with one attached hydrogen (secondary N) is 2. The second-order valence-corrected chi connectivity index (χ2v) is 6.78. The first-order chi connectivity index (χ1) is 10.3. The van der Waals surface area contributed by atoms with Gasteiger partial charge in [0.15, 0.2) is 0 Å². The van der Waals surface area contributed by atoms with E-state index < -0.39 is 27.0 Å². The minimum absolute atomic E-state index is 0. The summed E-state index contributed by atoms with van der Waals surface area (Å²) in [5.41, 5.74) is 0. The van der Waals surface area contributed by atoms with Gasteiger partial charge in [0.05, 0.1) is 0 Å². The third kappa shape index (κ3) is 6.17. The molecule has 0 saturated carbocycles. The molecule has 1 aliphatic heterocycles. The van der Waals surface area contributed by atoms with Gasteiger partial charge in [-0.05, 0) is 44.0 Å². The summed E-state index contributed by atoms with van der Waals surface area (Å²) in [6.45, 7) is 1.91. The summed E-state index contributed by atoms with van der Waals surface area (Å²) >= 11 is 0.